The Kier molecular flexibility index (Phi) is 4.92. The van der Waals surface area contributed by atoms with Crippen molar-refractivity contribution in [3.8, 4) is 0 Å². The Bertz CT molecular complexity index is 679. The van der Waals surface area contributed by atoms with Gasteiger partial charge in [-0.2, -0.15) is 0 Å². The Morgan fingerprint density at radius 2 is 1.77 bits per heavy atom. The van der Waals surface area contributed by atoms with Gasteiger partial charge in [-0.15, -0.1) is 0 Å². The number of hydrogen-bond donors (Lipinski definition) is 2. The summed E-state index contributed by atoms with van der Waals surface area (Å²) in [5.41, 5.74) is 5.15. The van der Waals surface area contributed by atoms with E-state index in [2.05, 4.69) is 10.9 Å². The minimum atomic E-state index is -0.633. The second kappa shape index (κ2) is 7.07. The lowest BCUT2D eigenvalue weighted by Gasteiger charge is -2.08. The molecule has 2 amide bonds. The van der Waals surface area contributed by atoms with Crippen molar-refractivity contribution in [3.05, 3.63) is 59.9 Å². The zero-order chi connectivity index (χ0) is 15.9. The summed E-state index contributed by atoms with van der Waals surface area (Å²) in [5.74, 6) is -1.70. The van der Waals surface area contributed by atoms with E-state index in [4.69, 9.17) is 4.74 Å². The third-order valence-corrected chi connectivity index (χ3v) is 2.84. The first-order chi connectivity index (χ1) is 10.6. The first kappa shape index (κ1) is 15.3. The molecule has 0 unspecified atom stereocenters. The minimum absolute atomic E-state index is 0.334. The van der Waals surface area contributed by atoms with E-state index >= 15 is 0 Å². The molecule has 1 heterocycles. The highest BCUT2D eigenvalue weighted by Gasteiger charge is 2.13. The minimum Gasteiger partial charge on any atom is -0.451 e. The Morgan fingerprint density at radius 3 is 2.41 bits per heavy atom. The Balaban J connectivity index is 1.76. The molecule has 0 saturated carbocycles. The van der Waals surface area contributed by atoms with Crippen molar-refractivity contribution in [3.63, 3.8) is 0 Å². The van der Waals surface area contributed by atoms with Crippen LogP contribution in [0.2, 0.25) is 0 Å². The van der Waals surface area contributed by atoms with E-state index in [1.807, 2.05) is 0 Å². The summed E-state index contributed by atoms with van der Waals surface area (Å²) in [6.07, 6.45) is 1.69. The van der Waals surface area contributed by atoms with Crippen LogP contribution in [-0.4, -0.2) is 29.0 Å². The molecule has 0 aliphatic heterocycles. The number of esters is 1. The molecule has 0 atom stereocenters. The summed E-state index contributed by atoms with van der Waals surface area (Å²) in [4.78, 5) is 34.9. The largest absolute Gasteiger partial charge is 0.451 e. The van der Waals surface area contributed by atoms with Crippen molar-refractivity contribution >= 4 is 17.8 Å². The molecule has 0 bridgehead atoms. The molecule has 1 aromatic carbocycles. The van der Waals surface area contributed by atoms with Gasteiger partial charge in [-0.1, -0.05) is 18.2 Å². The van der Waals surface area contributed by atoms with Gasteiger partial charge in [-0.3, -0.25) is 20.4 Å². The van der Waals surface area contributed by atoms with Crippen LogP contribution >= 0.6 is 0 Å². The summed E-state index contributed by atoms with van der Waals surface area (Å²) >= 11 is 0. The first-order valence-corrected chi connectivity index (χ1v) is 6.50. The molecular formula is C15H15N3O4. The molecule has 2 N–H and O–H groups in total. The van der Waals surface area contributed by atoms with Gasteiger partial charge in [-0.25, -0.2) is 4.79 Å². The van der Waals surface area contributed by atoms with E-state index in [1.165, 1.54) is 0 Å². The summed E-state index contributed by atoms with van der Waals surface area (Å²) in [7, 11) is 1.69. The predicted molar refractivity (Wildman–Crippen MR) is 77.7 cm³/mol. The highest BCUT2D eigenvalue weighted by atomic mass is 16.5. The van der Waals surface area contributed by atoms with Crippen molar-refractivity contribution in [1.29, 1.82) is 0 Å². The monoisotopic (exact) mass is 301 g/mol. The Morgan fingerprint density at radius 1 is 1.05 bits per heavy atom. The van der Waals surface area contributed by atoms with E-state index in [9.17, 15) is 14.4 Å². The number of hydrazine groups is 1. The zero-order valence-electron chi connectivity index (χ0n) is 11.9. The number of carbonyl (C=O) groups is 3. The van der Waals surface area contributed by atoms with Gasteiger partial charge >= 0.3 is 5.97 Å². The number of benzene rings is 1. The van der Waals surface area contributed by atoms with Crippen molar-refractivity contribution < 1.29 is 19.1 Å². The van der Waals surface area contributed by atoms with Crippen LogP contribution in [0.15, 0.2) is 48.7 Å². The van der Waals surface area contributed by atoms with Gasteiger partial charge in [0.2, 0.25) is 0 Å². The lowest BCUT2D eigenvalue weighted by atomic mass is 10.2. The molecule has 22 heavy (non-hydrogen) atoms. The van der Waals surface area contributed by atoms with E-state index in [0.717, 1.165) is 0 Å². The molecule has 7 heteroatoms. The number of hydrogen-bond acceptors (Lipinski definition) is 4. The number of ether oxygens (including phenoxy) is 1. The van der Waals surface area contributed by atoms with Crippen LogP contribution in [0.4, 0.5) is 0 Å². The van der Waals surface area contributed by atoms with Gasteiger partial charge < -0.3 is 9.30 Å². The summed E-state index contributed by atoms with van der Waals surface area (Å²) in [6.45, 7) is -0.487. The second-order valence-electron chi connectivity index (χ2n) is 4.45. The maximum absolute atomic E-state index is 11.7. The molecule has 0 aliphatic carbocycles. The van der Waals surface area contributed by atoms with Gasteiger partial charge in [0, 0.05) is 18.8 Å². The molecule has 2 rings (SSSR count). The summed E-state index contributed by atoms with van der Waals surface area (Å²) in [6, 6.07) is 11.7. The van der Waals surface area contributed by atoms with E-state index in [-0.39, 0.29) is 0 Å². The summed E-state index contributed by atoms with van der Waals surface area (Å²) < 4.78 is 6.42. The van der Waals surface area contributed by atoms with E-state index < -0.39 is 24.4 Å². The van der Waals surface area contributed by atoms with Gasteiger partial charge in [0.05, 0.1) is 0 Å². The normalized spacial score (nSPS) is 9.86. The number of amides is 2. The quantitative estimate of drug-likeness (QED) is 0.641. The molecule has 0 spiro atoms. The first-order valence-electron chi connectivity index (χ1n) is 6.50. The molecule has 0 aliphatic rings. The highest BCUT2D eigenvalue weighted by Crippen LogP contribution is 2.01. The molecule has 0 fully saturated rings. The third-order valence-electron chi connectivity index (χ3n) is 2.84. The standard InChI is InChI=1S/C15H15N3O4/c1-18-9-5-8-12(18)15(21)22-10-13(19)16-17-14(20)11-6-3-2-4-7-11/h2-9H,10H2,1H3,(H,16,19)(H,17,20). The molecule has 7 nitrogen and oxygen atoms in total. The molecule has 114 valence electrons. The molecule has 0 saturated heterocycles. The smallest absolute Gasteiger partial charge is 0.355 e. The topological polar surface area (TPSA) is 89.4 Å². The SMILES string of the molecule is Cn1cccc1C(=O)OCC(=O)NNC(=O)c1ccccc1. The molecule has 1 aromatic heterocycles. The highest BCUT2D eigenvalue weighted by molar-refractivity contribution is 5.95. The lowest BCUT2D eigenvalue weighted by molar-refractivity contribution is -0.125. The number of rotatable bonds is 4. The van der Waals surface area contributed by atoms with Crippen molar-refractivity contribution in [2.75, 3.05) is 6.61 Å². The average Bonchev–Trinajstić information content (AvgIpc) is 2.97. The second-order valence-corrected chi connectivity index (χ2v) is 4.45. The maximum Gasteiger partial charge on any atom is 0.355 e. The van der Waals surface area contributed by atoms with Crippen molar-refractivity contribution in [2.24, 2.45) is 7.05 Å². The van der Waals surface area contributed by atoms with Crippen molar-refractivity contribution in [1.82, 2.24) is 15.4 Å². The fraction of sp³-hybridized carbons (Fsp3) is 0.133. The molecule has 2 aromatic rings. The van der Waals surface area contributed by atoms with Crippen LogP contribution in [0.1, 0.15) is 20.8 Å². The fourth-order valence-corrected chi connectivity index (χ4v) is 1.70. The average molecular weight is 301 g/mol. The van der Waals surface area contributed by atoms with Gasteiger partial charge in [0.1, 0.15) is 5.69 Å². The fourth-order valence-electron chi connectivity index (χ4n) is 1.70. The van der Waals surface area contributed by atoms with Crippen LogP contribution < -0.4 is 10.9 Å². The van der Waals surface area contributed by atoms with Gasteiger partial charge in [0.15, 0.2) is 6.61 Å². The number of aromatic nitrogens is 1. The molecular weight excluding hydrogens is 286 g/mol. The number of nitrogens with one attached hydrogen (secondary N) is 2. The van der Waals surface area contributed by atoms with Gasteiger partial charge in [0.25, 0.3) is 11.8 Å². The Labute approximate surface area is 126 Å². The van der Waals surface area contributed by atoms with Crippen LogP contribution in [0.25, 0.3) is 0 Å². The van der Waals surface area contributed by atoms with Gasteiger partial charge in [-0.05, 0) is 24.3 Å². The predicted octanol–water partition coefficient (Wildman–Crippen LogP) is 0.643. The molecule has 0 radical (unpaired) electrons. The third kappa shape index (κ3) is 3.95. The summed E-state index contributed by atoms with van der Waals surface area (Å²) in [5, 5.41) is 0. The van der Waals surface area contributed by atoms with E-state index in [0.29, 0.717) is 11.3 Å². The van der Waals surface area contributed by atoms with Crippen LogP contribution in [0, 0.1) is 0 Å². The number of carbonyl (C=O) groups excluding carboxylic acids is 3. The van der Waals surface area contributed by atoms with Crippen molar-refractivity contribution in [2.45, 2.75) is 0 Å². The zero-order valence-corrected chi connectivity index (χ0v) is 11.9. The number of nitrogens with zero attached hydrogens (tertiary/aromatic N) is 1. The van der Waals surface area contributed by atoms with E-state index in [1.54, 1.807) is 60.3 Å². The maximum atomic E-state index is 11.7. The van der Waals surface area contributed by atoms with Crippen LogP contribution in [0.3, 0.4) is 0 Å². The van der Waals surface area contributed by atoms with Crippen LogP contribution in [0.5, 0.6) is 0 Å². The number of aryl methyl sites for hydroxylation is 1. The Hall–Kier alpha value is -3.09. The van der Waals surface area contributed by atoms with Crippen LogP contribution in [-0.2, 0) is 16.6 Å². The lowest BCUT2D eigenvalue weighted by Crippen LogP contribution is -2.43.